The van der Waals surface area contributed by atoms with E-state index in [-0.39, 0.29) is 17.4 Å². The molecule has 0 spiro atoms. The summed E-state index contributed by atoms with van der Waals surface area (Å²) in [5, 5.41) is 0.548. The topological polar surface area (TPSA) is 41.8 Å². The first-order valence-electron chi connectivity index (χ1n) is 8.02. The van der Waals surface area contributed by atoms with E-state index in [1.165, 1.54) is 18.2 Å². The van der Waals surface area contributed by atoms with E-state index in [1.54, 1.807) is 12.1 Å². The maximum absolute atomic E-state index is 14.2. The second-order valence-electron chi connectivity index (χ2n) is 6.60. The maximum Gasteiger partial charge on any atom is 0.150 e. The average Bonchev–Trinajstić information content (AvgIpc) is 2.86. The number of nitrogens with two attached hydrogens (primary N) is 1. The van der Waals surface area contributed by atoms with Crippen LogP contribution < -0.4 is 5.73 Å². The first-order valence-corrected chi connectivity index (χ1v) is 8.02. The van der Waals surface area contributed by atoms with Crippen LogP contribution in [0.1, 0.15) is 18.4 Å². The van der Waals surface area contributed by atoms with Crippen LogP contribution in [0.4, 0.5) is 13.2 Å². The lowest BCUT2D eigenvalue weighted by Gasteiger charge is -2.32. The molecule has 1 saturated carbocycles. The van der Waals surface area contributed by atoms with Gasteiger partial charge in [0.2, 0.25) is 0 Å². The predicted octanol–water partition coefficient (Wildman–Crippen LogP) is 4.53. The van der Waals surface area contributed by atoms with Crippen molar-refractivity contribution in [2.75, 3.05) is 0 Å². The van der Waals surface area contributed by atoms with E-state index in [4.69, 9.17) is 5.73 Å². The van der Waals surface area contributed by atoms with Gasteiger partial charge in [-0.25, -0.2) is 13.2 Å². The van der Waals surface area contributed by atoms with Crippen molar-refractivity contribution in [1.82, 2.24) is 4.98 Å². The van der Waals surface area contributed by atoms with Crippen molar-refractivity contribution in [2.45, 2.75) is 25.3 Å². The highest BCUT2D eigenvalue weighted by Gasteiger charge is 2.28. The predicted molar refractivity (Wildman–Crippen MR) is 88.0 cm³/mol. The minimum absolute atomic E-state index is 0.211. The highest BCUT2D eigenvalue weighted by molar-refractivity contribution is 5.91. The summed E-state index contributed by atoms with van der Waals surface area (Å²) in [4.78, 5) is 3.06. The van der Waals surface area contributed by atoms with Gasteiger partial charge in [-0.3, -0.25) is 0 Å². The summed E-state index contributed by atoms with van der Waals surface area (Å²) in [6.45, 7) is 0. The van der Waals surface area contributed by atoms with Gasteiger partial charge in [-0.15, -0.1) is 0 Å². The highest BCUT2D eigenvalue weighted by Crippen LogP contribution is 2.37. The van der Waals surface area contributed by atoms with Gasteiger partial charge in [-0.2, -0.15) is 0 Å². The number of hydrogen-bond donors (Lipinski definition) is 2. The molecule has 1 aliphatic rings. The molecule has 3 aromatic rings. The third-order valence-electron chi connectivity index (χ3n) is 4.83. The normalized spacial score (nSPS) is 20.3. The van der Waals surface area contributed by atoms with E-state index in [9.17, 15) is 13.2 Å². The third-order valence-corrected chi connectivity index (χ3v) is 4.83. The monoisotopic (exact) mass is 330 g/mol. The fraction of sp³-hybridized carbons (Fsp3) is 0.263. The number of aromatic amines is 1. The molecule has 0 bridgehead atoms. The molecular formula is C19H17F3N2. The zero-order valence-corrected chi connectivity index (χ0v) is 13.0. The first-order chi connectivity index (χ1) is 11.5. The summed E-state index contributed by atoms with van der Waals surface area (Å²) in [6, 6.07) is 8.45. The number of H-pyrrole nitrogens is 1. The zero-order valence-electron chi connectivity index (χ0n) is 13.0. The van der Waals surface area contributed by atoms with Crippen molar-refractivity contribution >= 4 is 10.9 Å². The van der Waals surface area contributed by atoms with E-state index < -0.39 is 11.6 Å². The van der Waals surface area contributed by atoms with E-state index in [0.717, 1.165) is 35.7 Å². The molecule has 1 fully saturated rings. The molecule has 4 rings (SSSR count). The molecule has 0 amide bonds. The Kier molecular flexibility index (Phi) is 3.61. The van der Waals surface area contributed by atoms with Gasteiger partial charge in [-0.1, -0.05) is 0 Å². The zero-order chi connectivity index (χ0) is 16.8. The molecule has 0 unspecified atom stereocenters. The lowest BCUT2D eigenvalue weighted by molar-refractivity contribution is 0.265. The van der Waals surface area contributed by atoms with Gasteiger partial charge in [0.1, 0.15) is 17.5 Å². The van der Waals surface area contributed by atoms with Crippen molar-refractivity contribution in [3.05, 3.63) is 59.4 Å². The summed E-state index contributed by atoms with van der Waals surface area (Å²) in [6.07, 6.45) is 2.52. The Hall–Kier alpha value is -2.27. The second kappa shape index (κ2) is 5.67. The number of nitrogens with one attached hydrogen (secondary N) is 1. The number of hydrogen-bond acceptors (Lipinski definition) is 1. The highest BCUT2D eigenvalue weighted by atomic mass is 19.1. The summed E-state index contributed by atoms with van der Waals surface area (Å²) in [5.41, 5.74) is 8.48. The minimum Gasteiger partial charge on any atom is -0.352 e. The van der Waals surface area contributed by atoms with Gasteiger partial charge in [0, 0.05) is 23.2 Å². The van der Waals surface area contributed by atoms with Crippen LogP contribution in [0.15, 0.2) is 36.4 Å². The van der Waals surface area contributed by atoms with Gasteiger partial charge in [-0.05, 0) is 66.6 Å². The molecule has 1 heterocycles. The summed E-state index contributed by atoms with van der Waals surface area (Å²) >= 11 is 0. The molecule has 124 valence electrons. The Bertz CT molecular complexity index is 893. The largest absolute Gasteiger partial charge is 0.352 e. The molecule has 1 aliphatic carbocycles. The molecule has 1 aromatic heterocycles. The molecule has 2 aromatic carbocycles. The standard InChI is InChI=1S/C19H17F3N2/c20-12-3-1-11(2-4-12)18-15(7-10-5-14(23)6-10)16-8-13(21)9-17(22)19(16)24-18/h1-4,8-10,14,24H,5-7,23H2/t10-,14+. The van der Waals surface area contributed by atoms with Crippen molar-refractivity contribution in [3.8, 4) is 11.3 Å². The number of fused-ring (bicyclic) bond motifs is 1. The van der Waals surface area contributed by atoms with Gasteiger partial charge >= 0.3 is 0 Å². The second-order valence-corrected chi connectivity index (χ2v) is 6.60. The van der Waals surface area contributed by atoms with Gasteiger partial charge < -0.3 is 10.7 Å². The Morgan fingerprint density at radius 3 is 2.38 bits per heavy atom. The SMILES string of the molecule is N[C@H]1C[C@@H](Cc2c(-c3ccc(F)cc3)[nH]c3c(F)cc(F)cc23)C1. The van der Waals surface area contributed by atoms with E-state index in [1.807, 2.05) is 0 Å². The average molecular weight is 330 g/mol. The van der Waals surface area contributed by atoms with Crippen molar-refractivity contribution in [3.63, 3.8) is 0 Å². The van der Waals surface area contributed by atoms with Crippen LogP contribution in [0.2, 0.25) is 0 Å². The summed E-state index contributed by atoms with van der Waals surface area (Å²) < 4.78 is 41.1. The van der Waals surface area contributed by atoms with E-state index in [2.05, 4.69) is 4.98 Å². The lowest BCUT2D eigenvalue weighted by atomic mass is 9.76. The van der Waals surface area contributed by atoms with Crippen molar-refractivity contribution in [2.24, 2.45) is 11.7 Å². The molecule has 5 heteroatoms. The molecule has 0 atom stereocenters. The molecular weight excluding hydrogens is 313 g/mol. The van der Waals surface area contributed by atoms with Crippen LogP contribution in [0.5, 0.6) is 0 Å². The molecule has 3 N–H and O–H groups in total. The number of halogens is 3. The number of benzene rings is 2. The summed E-state index contributed by atoms with van der Waals surface area (Å²) in [5.74, 6) is -1.15. The molecule has 0 radical (unpaired) electrons. The Morgan fingerprint density at radius 2 is 1.71 bits per heavy atom. The van der Waals surface area contributed by atoms with Crippen molar-refractivity contribution < 1.29 is 13.2 Å². The lowest BCUT2D eigenvalue weighted by Crippen LogP contribution is -2.37. The molecule has 24 heavy (non-hydrogen) atoms. The fourth-order valence-corrected chi connectivity index (χ4v) is 3.59. The smallest absolute Gasteiger partial charge is 0.150 e. The van der Waals surface area contributed by atoms with Gasteiger partial charge in [0.15, 0.2) is 0 Å². The summed E-state index contributed by atoms with van der Waals surface area (Å²) in [7, 11) is 0. The number of aromatic nitrogens is 1. The molecule has 0 aliphatic heterocycles. The maximum atomic E-state index is 14.2. The fourth-order valence-electron chi connectivity index (χ4n) is 3.59. The quantitative estimate of drug-likeness (QED) is 0.728. The Morgan fingerprint density at radius 1 is 1.00 bits per heavy atom. The Labute approximate surface area is 137 Å². The Balaban J connectivity index is 1.87. The third kappa shape index (κ3) is 2.59. The van der Waals surface area contributed by atoms with Crippen LogP contribution in [-0.2, 0) is 6.42 Å². The van der Waals surface area contributed by atoms with Gasteiger partial charge in [0.25, 0.3) is 0 Å². The minimum atomic E-state index is -0.620. The van der Waals surface area contributed by atoms with E-state index >= 15 is 0 Å². The molecule has 0 saturated heterocycles. The number of rotatable bonds is 3. The van der Waals surface area contributed by atoms with Gasteiger partial charge in [0.05, 0.1) is 5.52 Å². The van der Waals surface area contributed by atoms with Crippen LogP contribution in [0, 0.1) is 23.4 Å². The van der Waals surface area contributed by atoms with Crippen LogP contribution in [-0.4, -0.2) is 11.0 Å². The van der Waals surface area contributed by atoms with E-state index in [0.29, 0.717) is 17.7 Å². The van der Waals surface area contributed by atoms with Crippen LogP contribution >= 0.6 is 0 Å². The van der Waals surface area contributed by atoms with Crippen LogP contribution in [0.3, 0.4) is 0 Å². The van der Waals surface area contributed by atoms with Crippen molar-refractivity contribution in [1.29, 1.82) is 0 Å². The molecule has 2 nitrogen and oxygen atoms in total. The van der Waals surface area contributed by atoms with Crippen LogP contribution in [0.25, 0.3) is 22.2 Å². The first kappa shape index (κ1) is 15.3.